The Bertz CT molecular complexity index is 504. The van der Waals surface area contributed by atoms with Gasteiger partial charge in [0.25, 0.3) is 0 Å². The molecule has 0 saturated heterocycles. The molecule has 2 nitrogen and oxygen atoms in total. The van der Waals surface area contributed by atoms with Crippen LogP contribution < -0.4 is 5.73 Å². The molecule has 0 saturated carbocycles. The normalized spacial score (nSPS) is 12.8. The molecule has 1 aromatic carbocycles. The highest BCUT2D eigenvalue weighted by Crippen LogP contribution is 2.31. The Labute approximate surface area is 109 Å². The first-order valence-corrected chi connectivity index (χ1v) is 6.49. The van der Waals surface area contributed by atoms with E-state index >= 15 is 0 Å². The molecule has 84 valence electrons. The maximum atomic E-state index is 13.8. The number of benzene rings is 1. The van der Waals surface area contributed by atoms with Gasteiger partial charge in [-0.05, 0) is 22.0 Å². The van der Waals surface area contributed by atoms with Crippen LogP contribution in [0, 0.1) is 5.82 Å². The maximum Gasteiger partial charge on any atom is 0.148 e. The lowest BCUT2D eigenvalue weighted by atomic mass is 10.1. The van der Waals surface area contributed by atoms with Crippen LogP contribution in [0.3, 0.4) is 0 Å². The Hall–Kier alpha value is -0.490. The molecule has 6 heteroatoms. The van der Waals surface area contributed by atoms with Gasteiger partial charge in [-0.25, -0.2) is 9.37 Å². The van der Waals surface area contributed by atoms with Crippen molar-refractivity contribution in [1.29, 1.82) is 0 Å². The Morgan fingerprint density at radius 3 is 2.88 bits per heavy atom. The largest absolute Gasteiger partial charge is 0.319 e. The summed E-state index contributed by atoms with van der Waals surface area (Å²) >= 11 is 10.4. The average Bonchev–Trinajstić information content (AvgIpc) is 2.79. The monoisotopic (exact) mass is 320 g/mol. The molecule has 2 rings (SSSR count). The minimum atomic E-state index is -0.586. The molecule has 2 N–H and O–H groups in total. The third kappa shape index (κ3) is 2.13. The lowest BCUT2D eigenvalue weighted by Crippen LogP contribution is -2.14. The zero-order valence-electron chi connectivity index (χ0n) is 7.95. The van der Waals surface area contributed by atoms with Crippen molar-refractivity contribution in [3.05, 3.63) is 49.6 Å². The molecule has 1 unspecified atom stereocenters. The van der Waals surface area contributed by atoms with Gasteiger partial charge in [0.2, 0.25) is 0 Å². The molecule has 0 bridgehead atoms. The van der Waals surface area contributed by atoms with Crippen molar-refractivity contribution in [3.63, 3.8) is 0 Å². The van der Waals surface area contributed by atoms with Gasteiger partial charge in [0.15, 0.2) is 0 Å². The number of rotatable bonds is 2. The summed E-state index contributed by atoms with van der Waals surface area (Å²) in [4.78, 5) is 4.06. The number of hydrogen-bond donors (Lipinski definition) is 1. The van der Waals surface area contributed by atoms with Crippen molar-refractivity contribution in [2.24, 2.45) is 5.73 Å². The predicted molar refractivity (Wildman–Crippen MR) is 67.3 cm³/mol. The van der Waals surface area contributed by atoms with Crippen LogP contribution in [-0.2, 0) is 0 Å². The van der Waals surface area contributed by atoms with E-state index in [2.05, 4.69) is 20.9 Å². The van der Waals surface area contributed by atoms with Crippen molar-refractivity contribution >= 4 is 38.9 Å². The molecule has 16 heavy (non-hydrogen) atoms. The maximum absolute atomic E-state index is 13.8. The highest BCUT2D eigenvalue weighted by molar-refractivity contribution is 9.10. The number of thiazole rings is 1. The number of hydrogen-bond acceptors (Lipinski definition) is 3. The molecule has 2 aromatic rings. The van der Waals surface area contributed by atoms with Crippen molar-refractivity contribution < 1.29 is 4.39 Å². The minimum absolute atomic E-state index is 0.0446. The quantitative estimate of drug-likeness (QED) is 0.856. The lowest BCUT2D eigenvalue weighted by molar-refractivity contribution is 0.597. The first kappa shape index (κ1) is 12.0. The van der Waals surface area contributed by atoms with Gasteiger partial charge < -0.3 is 5.73 Å². The second-order valence-electron chi connectivity index (χ2n) is 3.16. The van der Waals surface area contributed by atoms with E-state index in [4.69, 9.17) is 17.3 Å². The summed E-state index contributed by atoms with van der Waals surface area (Å²) in [6.45, 7) is 0. The van der Waals surface area contributed by atoms with Gasteiger partial charge in [-0.3, -0.25) is 0 Å². The van der Waals surface area contributed by atoms with Crippen LogP contribution in [0.2, 0.25) is 5.02 Å². The highest BCUT2D eigenvalue weighted by Gasteiger charge is 2.18. The number of aromatic nitrogens is 1. The summed E-state index contributed by atoms with van der Waals surface area (Å²) in [6, 6.07) is 2.69. The molecule has 0 fully saturated rings. The Kier molecular flexibility index (Phi) is 3.59. The number of nitrogens with two attached hydrogens (primary N) is 1. The van der Waals surface area contributed by atoms with E-state index in [1.54, 1.807) is 23.0 Å². The first-order chi connectivity index (χ1) is 7.61. The number of nitrogens with zero attached hydrogens (tertiary/aromatic N) is 1. The van der Waals surface area contributed by atoms with Crippen LogP contribution >= 0.6 is 38.9 Å². The molecular formula is C10H7BrClFN2S. The summed E-state index contributed by atoms with van der Waals surface area (Å²) < 4.78 is 14.4. The van der Waals surface area contributed by atoms with Crippen molar-refractivity contribution in [2.45, 2.75) is 6.04 Å². The molecule has 0 aliphatic carbocycles. The summed E-state index contributed by atoms with van der Waals surface area (Å²) in [7, 11) is 0. The summed E-state index contributed by atoms with van der Waals surface area (Å²) in [5.74, 6) is -0.503. The van der Waals surface area contributed by atoms with Gasteiger partial charge in [0.1, 0.15) is 5.82 Å². The zero-order valence-corrected chi connectivity index (χ0v) is 11.1. The van der Waals surface area contributed by atoms with Crippen LogP contribution in [0.4, 0.5) is 4.39 Å². The van der Waals surface area contributed by atoms with E-state index in [-0.39, 0.29) is 5.02 Å². The molecule has 1 atom stereocenters. The summed E-state index contributed by atoms with van der Waals surface area (Å²) in [5, 5.41) is 1.84. The summed E-state index contributed by atoms with van der Waals surface area (Å²) in [5.41, 5.74) is 8.56. The van der Waals surface area contributed by atoms with E-state index in [0.29, 0.717) is 15.7 Å². The minimum Gasteiger partial charge on any atom is -0.319 e. The Morgan fingerprint density at radius 1 is 1.50 bits per heavy atom. The molecular weight excluding hydrogens is 315 g/mol. The fourth-order valence-corrected chi connectivity index (χ4v) is 2.38. The second kappa shape index (κ2) is 4.79. The van der Waals surface area contributed by atoms with Crippen molar-refractivity contribution in [2.75, 3.05) is 0 Å². The van der Waals surface area contributed by atoms with Gasteiger partial charge in [-0.2, -0.15) is 0 Å². The third-order valence-electron chi connectivity index (χ3n) is 2.17. The number of halogens is 3. The molecule has 0 spiro atoms. The smallest absolute Gasteiger partial charge is 0.148 e. The van der Waals surface area contributed by atoms with Crippen molar-refractivity contribution in [3.8, 4) is 0 Å². The molecule has 1 heterocycles. The predicted octanol–water partition coefficient (Wildman–Crippen LogP) is 3.75. The van der Waals surface area contributed by atoms with Crippen LogP contribution in [0.1, 0.15) is 17.3 Å². The van der Waals surface area contributed by atoms with E-state index in [1.807, 2.05) is 0 Å². The van der Waals surface area contributed by atoms with Gasteiger partial charge in [0, 0.05) is 15.4 Å². The fraction of sp³-hybridized carbons (Fsp3) is 0.100. The van der Waals surface area contributed by atoms with Gasteiger partial charge >= 0.3 is 0 Å². The van der Waals surface area contributed by atoms with Gasteiger partial charge in [0.05, 0.1) is 22.3 Å². The van der Waals surface area contributed by atoms with Crippen LogP contribution in [0.15, 0.2) is 27.5 Å². The first-order valence-electron chi connectivity index (χ1n) is 4.38. The highest BCUT2D eigenvalue weighted by atomic mass is 79.9. The molecule has 0 aliphatic heterocycles. The van der Waals surface area contributed by atoms with Crippen molar-refractivity contribution in [1.82, 2.24) is 4.98 Å². The van der Waals surface area contributed by atoms with Crippen LogP contribution in [-0.4, -0.2) is 4.98 Å². The molecule has 1 aromatic heterocycles. The topological polar surface area (TPSA) is 38.9 Å². The average molecular weight is 322 g/mol. The van der Waals surface area contributed by atoms with Gasteiger partial charge in [-0.15, -0.1) is 11.3 Å². The molecule has 0 radical (unpaired) electrons. The summed E-state index contributed by atoms with van der Waals surface area (Å²) in [6.07, 6.45) is 0. The second-order valence-corrected chi connectivity index (χ2v) is 5.11. The van der Waals surface area contributed by atoms with Crippen LogP contribution in [0.5, 0.6) is 0 Å². The van der Waals surface area contributed by atoms with E-state index < -0.39 is 11.9 Å². The zero-order chi connectivity index (χ0) is 11.7. The molecule has 0 amide bonds. The van der Waals surface area contributed by atoms with E-state index in [0.717, 1.165) is 0 Å². The lowest BCUT2D eigenvalue weighted by Gasteiger charge is -2.12. The third-order valence-corrected chi connectivity index (χ3v) is 4.03. The SMILES string of the molecule is NC(c1cscn1)c1ccc(Br)c(Cl)c1F. The Morgan fingerprint density at radius 2 is 2.25 bits per heavy atom. The molecule has 0 aliphatic rings. The van der Waals surface area contributed by atoms with Crippen LogP contribution in [0.25, 0.3) is 0 Å². The van der Waals surface area contributed by atoms with E-state index in [9.17, 15) is 4.39 Å². The van der Waals surface area contributed by atoms with E-state index in [1.165, 1.54) is 11.3 Å². The standard InChI is InChI=1S/C10H7BrClFN2S/c11-6-2-1-5(9(13)8(6)12)10(14)7-3-16-4-15-7/h1-4,10H,14H2. The fourth-order valence-electron chi connectivity index (χ4n) is 1.32. The Balaban J connectivity index is 2.45. The van der Waals surface area contributed by atoms with Gasteiger partial charge in [-0.1, -0.05) is 17.7 Å².